The van der Waals surface area contributed by atoms with E-state index >= 15 is 0 Å². The van der Waals surface area contributed by atoms with E-state index in [4.69, 9.17) is 10.5 Å². The Morgan fingerprint density at radius 2 is 2.07 bits per heavy atom. The lowest BCUT2D eigenvalue weighted by atomic mass is 10.1. The minimum atomic E-state index is -0.778. The minimum Gasteiger partial charge on any atom is -0.346 e. The van der Waals surface area contributed by atoms with Crippen molar-refractivity contribution in [1.29, 1.82) is 0 Å². The summed E-state index contributed by atoms with van der Waals surface area (Å²) in [5.74, 6) is -0.636. The van der Waals surface area contributed by atoms with Gasteiger partial charge < -0.3 is 4.74 Å². The van der Waals surface area contributed by atoms with Gasteiger partial charge in [0.25, 0.3) is 0 Å². The zero-order chi connectivity index (χ0) is 10.6. The molecule has 0 heterocycles. The molecule has 0 saturated heterocycles. The standard InChI is InChI=1S/C9H10FNO2S/c10-7-3-1-6(2-4-7)8(12)5-13-9(11)14/h1-4,9,14H,5,11H2/t9-/m0/s1. The number of ketones is 1. The fourth-order valence-corrected chi connectivity index (χ4v) is 0.955. The highest BCUT2D eigenvalue weighted by Gasteiger charge is 2.06. The monoisotopic (exact) mass is 215 g/mol. The summed E-state index contributed by atoms with van der Waals surface area (Å²) in [7, 11) is 0. The minimum absolute atomic E-state index is 0.156. The van der Waals surface area contributed by atoms with Crippen molar-refractivity contribution < 1.29 is 13.9 Å². The van der Waals surface area contributed by atoms with Crippen LogP contribution in [0.15, 0.2) is 24.3 Å². The summed E-state index contributed by atoms with van der Waals surface area (Å²) in [6.07, 6.45) is 0. The van der Waals surface area contributed by atoms with E-state index in [1.807, 2.05) is 0 Å². The lowest BCUT2D eigenvalue weighted by molar-refractivity contribution is 0.0720. The zero-order valence-corrected chi connectivity index (χ0v) is 8.21. The van der Waals surface area contributed by atoms with Crippen LogP contribution in [0.2, 0.25) is 0 Å². The van der Waals surface area contributed by atoms with Crippen LogP contribution in [-0.4, -0.2) is 18.0 Å². The first kappa shape index (κ1) is 11.2. The third-order valence-electron chi connectivity index (χ3n) is 1.55. The van der Waals surface area contributed by atoms with Crippen LogP contribution in [0.4, 0.5) is 4.39 Å². The van der Waals surface area contributed by atoms with Gasteiger partial charge >= 0.3 is 0 Å². The number of hydrogen-bond acceptors (Lipinski definition) is 4. The van der Waals surface area contributed by atoms with Gasteiger partial charge in [-0.3, -0.25) is 10.5 Å². The average molecular weight is 215 g/mol. The molecule has 0 aliphatic carbocycles. The van der Waals surface area contributed by atoms with Crippen molar-refractivity contribution in [3.05, 3.63) is 35.6 Å². The van der Waals surface area contributed by atoms with Crippen LogP contribution >= 0.6 is 12.6 Å². The highest BCUT2D eigenvalue weighted by molar-refractivity contribution is 7.80. The Morgan fingerprint density at radius 3 is 2.57 bits per heavy atom. The smallest absolute Gasteiger partial charge is 0.188 e. The number of halogens is 1. The highest BCUT2D eigenvalue weighted by Crippen LogP contribution is 2.04. The molecule has 0 radical (unpaired) electrons. The van der Waals surface area contributed by atoms with Gasteiger partial charge in [0.1, 0.15) is 12.4 Å². The third-order valence-corrected chi connectivity index (χ3v) is 1.70. The summed E-state index contributed by atoms with van der Waals surface area (Å²) in [4.78, 5) is 11.3. The molecule has 14 heavy (non-hydrogen) atoms. The molecule has 1 rings (SSSR count). The maximum atomic E-state index is 12.5. The lowest BCUT2D eigenvalue weighted by Crippen LogP contribution is -2.21. The van der Waals surface area contributed by atoms with E-state index in [1.54, 1.807) is 0 Å². The van der Waals surface area contributed by atoms with Crippen molar-refractivity contribution >= 4 is 18.4 Å². The first-order valence-corrected chi connectivity index (χ1v) is 4.45. The molecule has 1 aromatic carbocycles. The van der Waals surface area contributed by atoms with Gasteiger partial charge in [-0.05, 0) is 24.3 Å². The molecule has 0 amide bonds. The van der Waals surface area contributed by atoms with E-state index in [1.165, 1.54) is 24.3 Å². The molecule has 0 spiro atoms. The number of Topliss-reactive ketones (excluding diaryl/α,β-unsaturated/α-hetero) is 1. The molecule has 0 bridgehead atoms. The Balaban J connectivity index is 2.57. The first-order valence-electron chi connectivity index (χ1n) is 3.93. The fourth-order valence-electron chi connectivity index (χ4n) is 0.880. The Hall–Kier alpha value is -0.910. The predicted octanol–water partition coefficient (Wildman–Crippen LogP) is 1.20. The van der Waals surface area contributed by atoms with Gasteiger partial charge in [0.05, 0.1) is 0 Å². The summed E-state index contributed by atoms with van der Waals surface area (Å²) in [5, 5.41) is 0. The van der Waals surface area contributed by atoms with Crippen molar-refractivity contribution in [1.82, 2.24) is 0 Å². The summed E-state index contributed by atoms with van der Waals surface area (Å²) >= 11 is 3.74. The van der Waals surface area contributed by atoms with Crippen LogP contribution in [-0.2, 0) is 4.74 Å². The molecule has 0 aliphatic rings. The number of thiol groups is 1. The van der Waals surface area contributed by atoms with Gasteiger partial charge in [-0.25, -0.2) is 4.39 Å². The molecule has 0 unspecified atom stereocenters. The van der Waals surface area contributed by atoms with Gasteiger partial charge in [0.15, 0.2) is 11.3 Å². The summed E-state index contributed by atoms with van der Waals surface area (Å²) in [6, 6.07) is 5.22. The molecule has 76 valence electrons. The summed E-state index contributed by atoms with van der Waals surface area (Å²) < 4.78 is 17.3. The maximum absolute atomic E-state index is 12.5. The molecular weight excluding hydrogens is 205 g/mol. The Morgan fingerprint density at radius 1 is 1.50 bits per heavy atom. The molecular formula is C9H10FNO2S. The van der Waals surface area contributed by atoms with E-state index in [0.29, 0.717) is 5.56 Å². The molecule has 1 aromatic rings. The van der Waals surface area contributed by atoms with Crippen molar-refractivity contribution in [2.24, 2.45) is 5.73 Å². The van der Waals surface area contributed by atoms with Crippen LogP contribution in [0.25, 0.3) is 0 Å². The van der Waals surface area contributed by atoms with Crippen molar-refractivity contribution in [2.75, 3.05) is 6.61 Å². The van der Waals surface area contributed by atoms with Crippen LogP contribution in [0.5, 0.6) is 0 Å². The summed E-state index contributed by atoms with van der Waals surface area (Å²) in [6.45, 7) is -0.156. The Kier molecular flexibility index (Phi) is 4.06. The first-order chi connectivity index (χ1) is 6.59. The van der Waals surface area contributed by atoms with Crippen LogP contribution < -0.4 is 5.73 Å². The maximum Gasteiger partial charge on any atom is 0.188 e. The van der Waals surface area contributed by atoms with Crippen LogP contribution in [0, 0.1) is 5.82 Å². The average Bonchev–Trinajstić information content (AvgIpc) is 2.15. The van der Waals surface area contributed by atoms with Gasteiger partial charge in [-0.2, -0.15) is 0 Å². The second kappa shape index (κ2) is 5.09. The van der Waals surface area contributed by atoms with Crippen molar-refractivity contribution in [2.45, 2.75) is 5.56 Å². The normalized spacial score (nSPS) is 12.5. The van der Waals surface area contributed by atoms with Gasteiger partial charge in [0.2, 0.25) is 0 Å². The zero-order valence-electron chi connectivity index (χ0n) is 7.31. The van der Waals surface area contributed by atoms with E-state index in [9.17, 15) is 9.18 Å². The number of nitrogens with two attached hydrogens (primary N) is 1. The number of carbonyl (C=O) groups excluding carboxylic acids is 1. The van der Waals surface area contributed by atoms with E-state index in [2.05, 4.69) is 12.6 Å². The third kappa shape index (κ3) is 3.45. The molecule has 5 heteroatoms. The fraction of sp³-hybridized carbons (Fsp3) is 0.222. The molecule has 0 fully saturated rings. The molecule has 3 nitrogen and oxygen atoms in total. The largest absolute Gasteiger partial charge is 0.346 e. The number of rotatable bonds is 4. The van der Waals surface area contributed by atoms with Crippen molar-refractivity contribution in [3.8, 4) is 0 Å². The number of hydrogen-bond donors (Lipinski definition) is 2. The van der Waals surface area contributed by atoms with Gasteiger partial charge in [-0.1, -0.05) is 0 Å². The summed E-state index contributed by atoms with van der Waals surface area (Å²) in [5.41, 5.74) is 4.78. The molecule has 1 atom stereocenters. The van der Waals surface area contributed by atoms with E-state index in [0.717, 1.165) is 0 Å². The topological polar surface area (TPSA) is 52.3 Å². The SMILES string of the molecule is N[C@H](S)OCC(=O)c1ccc(F)cc1. The Bertz CT molecular complexity index is 313. The molecule has 0 aliphatic heterocycles. The number of carbonyl (C=O) groups is 1. The molecule has 2 N–H and O–H groups in total. The molecule has 0 saturated carbocycles. The van der Waals surface area contributed by atoms with Crippen LogP contribution in [0.3, 0.4) is 0 Å². The Labute approximate surface area is 86.5 Å². The van der Waals surface area contributed by atoms with E-state index < -0.39 is 5.56 Å². The number of ether oxygens (including phenoxy) is 1. The van der Waals surface area contributed by atoms with Crippen LogP contribution in [0.1, 0.15) is 10.4 Å². The second-order valence-electron chi connectivity index (χ2n) is 2.63. The van der Waals surface area contributed by atoms with Gasteiger partial charge in [-0.15, -0.1) is 12.6 Å². The second-order valence-corrected chi connectivity index (χ2v) is 3.14. The van der Waals surface area contributed by atoms with Crippen molar-refractivity contribution in [3.63, 3.8) is 0 Å². The van der Waals surface area contributed by atoms with E-state index in [-0.39, 0.29) is 18.2 Å². The number of benzene rings is 1. The quantitative estimate of drug-likeness (QED) is 0.451. The van der Waals surface area contributed by atoms with Gasteiger partial charge in [0, 0.05) is 5.56 Å². The predicted molar refractivity (Wildman–Crippen MR) is 53.6 cm³/mol. The molecule has 0 aromatic heterocycles. The highest BCUT2D eigenvalue weighted by atomic mass is 32.1. The lowest BCUT2D eigenvalue weighted by Gasteiger charge is -2.05.